The number of aromatic nitrogens is 2. The van der Waals surface area contributed by atoms with Crippen molar-refractivity contribution >= 4 is 0 Å². The van der Waals surface area contributed by atoms with E-state index in [1.54, 1.807) is 7.05 Å². The number of terminal acetylenes is 1. The van der Waals surface area contributed by atoms with E-state index in [-0.39, 0.29) is 6.61 Å². The molecule has 0 aliphatic carbocycles. The summed E-state index contributed by atoms with van der Waals surface area (Å²) < 4.78 is 6.56. The SMILES string of the molecule is C#CCOc1c(C#N)cnn1C. The summed E-state index contributed by atoms with van der Waals surface area (Å²) in [6, 6.07) is 1.95. The summed E-state index contributed by atoms with van der Waals surface area (Å²) in [6.45, 7) is 0.147. The molecule has 0 aliphatic rings. The van der Waals surface area contributed by atoms with Crippen LogP contribution in [0.1, 0.15) is 5.56 Å². The number of nitriles is 1. The normalized spacial score (nSPS) is 8.58. The standard InChI is InChI=1S/C8H7N3O/c1-3-4-12-8-7(5-9)6-10-11(8)2/h1,6H,4H2,2H3. The summed E-state index contributed by atoms with van der Waals surface area (Å²) in [5.74, 6) is 2.72. The van der Waals surface area contributed by atoms with Crippen LogP contribution in [-0.2, 0) is 7.05 Å². The van der Waals surface area contributed by atoms with Gasteiger partial charge in [0, 0.05) is 7.05 Å². The molecule has 0 amide bonds. The van der Waals surface area contributed by atoms with Crippen molar-refractivity contribution in [3.8, 4) is 24.3 Å². The molecule has 0 N–H and O–H groups in total. The molecule has 0 saturated heterocycles. The lowest BCUT2D eigenvalue weighted by Crippen LogP contribution is -2.01. The van der Waals surface area contributed by atoms with E-state index in [2.05, 4.69) is 11.0 Å². The van der Waals surface area contributed by atoms with E-state index in [0.717, 1.165) is 0 Å². The average Bonchev–Trinajstić information content (AvgIpc) is 2.43. The fourth-order valence-electron chi connectivity index (χ4n) is 0.784. The van der Waals surface area contributed by atoms with Crippen LogP contribution in [0.4, 0.5) is 0 Å². The number of aryl methyl sites for hydroxylation is 1. The minimum absolute atomic E-state index is 0.147. The Balaban J connectivity index is 2.90. The number of rotatable bonds is 2. The van der Waals surface area contributed by atoms with Crippen molar-refractivity contribution < 1.29 is 4.74 Å². The van der Waals surface area contributed by atoms with Crippen molar-refractivity contribution in [1.82, 2.24) is 9.78 Å². The van der Waals surface area contributed by atoms with Crippen LogP contribution < -0.4 is 4.74 Å². The quantitative estimate of drug-likeness (QED) is 0.586. The summed E-state index contributed by atoms with van der Waals surface area (Å²) in [7, 11) is 1.69. The van der Waals surface area contributed by atoms with Gasteiger partial charge in [0.05, 0.1) is 6.20 Å². The first-order valence-electron chi connectivity index (χ1n) is 3.28. The minimum Gasteiger partial charge on any atom is -0.464 e. The van der Waals surface area contributed by atoms with Crippen molar-refractivity contribution in [2.45, 2.75) is 0 Å². The topological polar surface area (TPSA) is 50.8 Å². The van der Waals surface area contributed by atoms with E-state index >= 15 is 0 Å². The first-order valence-corrected chi connectivity index (χ1v) is 3.28. The Morgan fingerprint density at radius 2 is 2.58 bits per heavy atom. The maximum Gasteiger partial charge on any atom is 0.230 e. The summed E-state index contributed by atoms with van der Waals surface area (Å²) in [5, 5.41) is 12.4. The molecule has 0 bridgehead atoms. The Morgan fingerprint density at radius 3 is 3.17 bits per heavy atom. The third-order valence-electron chi connectivity index (χ3n) is 1.30. The van der Waals surface area contributed by atoms with Gasteiger partial charge in [-0.2, -0.15) is 10.4 Å². The van der Waals surface area contributed by atoms with E-state index in [1.807, 2.05) is 6.07 Å². The lowest BCUT2D eigenvalue weighted by atomic mass is 10.4. The van der Waals surface area contributed by atoms with Crippen molar-refractivity contribution in [2.75, 3.05) is 6.61 Å². The molecular weight excluding hydrogens is 154 g/mol. The van der Waals surface area contributed by atoms with Crippen molar-refractivity contribution in [3.05, 3.63) is 11.8 Å². The highest BCUT2D eigenvalue weighted by molar-refractivity contribution is 5.36. The Labute approximate surface area is 70.4 Å². The van der Waals surface area contributed by atoms with E-state index < -0.39 is 0 Å². The molecule has 4 heteroatoms. The molecular formula is C8H7N3O. The molecule has 0 radical (unpaired) electrons. The van der Waals surface area contributed by atoms with Crippen LogP contribution in [-0.4, -0.2) is 16.4 Å². The van der Waals surface area contributed by atoms with Gasteiger partial charge in [-0.15, -0.1) is 6.42 Å². The van der Waals surface area contributed by atoms with Gasteiger partial charge in [0.25, 0.3) is 0 Å². The van der Waals surface area contributed by atoms with Gasteiger partial charge in [-0.25, -0.2) is 4.68 Å². The minimum atomic E-state index is 0.147. The fraction of sp³-hybridized carbons (Fsp3) is 0.250. The van der Waals surface area contributed by atoms with Gasteiger partial charge in [-0.1, -0.05) is 5.92 Å². The van der Waals surface area contributed by atoms with E-state index in [0.29, 0.717) is 11.4 Å². The van der Waals surface area contributed by atoms with Crippen molar-refractivity contribution in [1.29, 1.82) is 5.26 Å². The van der Waals surface area contributed by atoms with Gasteiger partial charge >= 0.3 is 0 Å². The molecule has 0 unspecified atom stereocenters. The number of nitrogens with zero attached hydrogens (tertiary/aromatic N) is 3. The Hall–Kier alpha value is -1.94. The van der Waals surface area contributed by atoms with Crippen LogP contribution in [0.15, 0.2) is 6.20 Å². The van der Waals surface area contributed by atoms with Crippen molar-refractivity contribution in [2.24, 2.45) is 7.05 Å². The molecule has 0 aromatic carbocycles. The molecule has 12 heavy (non-hydrogen) atoms. The highest BCUT2D eigenvalue weighted by Gasteiger charge is 2.07. The zero-order chi connectivity index (χ0) is 8.97. The van der Waals surface area contributed by atoms with Gasteiger partial charge in [0.2, 0.25) is 5.88 Å². The van der Waals surface area contributed by atoms with E-state index in [4.69, 9.17) is 16.4 Å². The first kappa shape index (κ1) is 8.16. The Bertz CT molecular complexity index is 353. The molecule has 1 aromatic rings. The molecule has 1 aromatic heterocycles. The van der Waals surface area contributed by atoms with Gasteiger partial charge in [-0.05, 0) is 0 Å². The van der Waals surface area contributed by atoms with E-state index in [9.17, 15) is 0 Å². The monoisotopic (exact) mass is 161 g/mol. The van der Waals surface area contributed by atoms with Gasteiger partial charge in [-0.3, -0.25) is 0 Å². The second-order valence-electron chi connectivity index (χ2n) is 2.09. The van der Waals surface area contributed by atoms with Crippen LogP contribution in [0.25, 0.3) is 0 Å². The number of ether oxygens (including phenoxy) is 1. The van der Waals surface area contributed by atoms with Crippen LogP contribution in [0, 0.1) is 23.7 Å². The lowest BCUT2D eigenvalue weighted by molar-refractivity contribution is 0.334. The molecule has 0 spiro atoms. The maximum absolute atomic E-state index is 8.60. The van der Waals surface area contributed by atoms with Gasteiger partial charge < -0.3 is 4.74 Å². The maximum atomic E-state index is 8.60. The largest absolute Gasteiger partial charge is 0.464 e. The van der Waals surface area contributed by atoms with Crippen LogP contribution in [0.3, 0.4) is 0 Å². The predicted molar refractivity (Wildman–Crippen MR) is 42.3 cm³/mol. The average molecular weight is 161 g/mol. The summed E-state index contributed by atoms with van der Waals surface area (Å²) in [5.41, 5.74) is 0.396. The summed E-state index contributed by atoms with van der Waals surface area (Å²) >= 11 is 0. The van der Waals surface area contributed by atoms with E-state index in [1.165, 1.54) is 10.9 Å². The molecule has 60 valence electrons. The molecule has 0 fully saturated rings. The highest BCUT2D eigenvalue weighted by Crippen LogP contribution is 2.14. The summed E-state index contributed by atoms with van der Waals surface area (Å²) in [6.07, 6.45) is 6.44. The number of hydrogen-bond donors (Lipinski definition) is 0. The fourth-order valence-corrected chi connectivity index (χ4v) is 0.784. The van der Waals surface area contributed by atoms with Crippen LogP contribution >= 0.6 is 0 Å². The molecule has 0 aliphatic heterocycles. The smallest absolute Gasteiger partial charge is 0.230 e. The van der Waals surface area contributed by atoms with Gasteiger partial charge in [0.1, 0.15) is 11.6 Å². The third kappa shape index (κ3) is 1.38. The van der Waals surface area contributed by atoms with Crippen LogP contribution in [0.5, 0.6) is 5.88 Å². The summed E-state index contributed by atoms with van der Waals surface area (Å²) in [4.78, 5) is 0. The molecule has 1 heterocycles. The second kappa shape index (κ2) is 3.45. The van der Waals surface area contributed by atoms with Crippen LogP contribution in [0.2, 0.25) is 0 Å². The molecule has 0 atom stereocenters. The zero-order valence-electron chi connectivity index (χ0n) is 6.61. The lowest BCUT2D eigenvalue weighted by Gasteiger charge is -2.01. The highest BCUT2D eigenvalue weighted by atomic mass is 16.5. The molecule has 4 nitrogen and oxygen atoms in total. The Kier molecular flexibility index (Phi) is 2.35. The zero-order valence-corrected chi connectivity index (χ0v) is 6.61. The van der Waals surface area contributed by atoms with Crippen molar-refractivity contribution in [3.63, 3.8) is 0 Å². The second-order valence-corrected chi connectivity index (χ2v) is 2.09. The number of hydrogen-bond acceptors (Lipinski definition) is 3. The molecule has 0 saturated carbocycles. The third-order valence-corrected chi connectivity index (χ3v) is 1.30. The molecule has 1 rings (SSSR count). The Morgan fingerprint density at radius 1 is 1.83 bits per heavy atom. The first-order chi connectivity index (χ1) is 5.79. The predicted octanol–water partition coefficient (Wildman–Crippen LogP) is 0.304. The van der Waals surface area contributed by atoms with Gasteiger partial charge in [0.15, 0.2) is 6.61 Å².